The summed E-state index contributed by atoms with van der Waals surface area (Å²) in [6.45, 7) is 1.03. The van der Waals surface area contributed by atoms with Crippen LogP contribution in [0.4, 0.5) is 0 Å². The molecule has 1 aromatic carbocycles. The molecule has 1 atom stereocenters. The maximum atomic E-state index is 12.7. The number of benzene rings is 1. The Hall–Kier alpha value is -2.40. The number of hydrogen-bond acceptors (Lipinski definition) is 4. The van der Waals surface area contributed by atoms with Crippen LogP contribution < -0.4 is 4.74 Å². The fourth-order valence-electron chi connectivity index (χ4n) is 3.51. The topological polar surface area (TPSA) is 62.7 Å². The third kappa shape index (κ3) is 2.65. The van der Waals surface area contributed by atoms with Crippen LogP contribution in [-0.4, -0.2) is 40.1 Å². The number of nitrogens with zero attached hydrogens (tertiary/aromatic N) is 2. The van der Waals surface area contributed by atoms with Crippen molar-refractivity contribution in [3.8, 4) is 5.75 Å². The SMILES string of the molecule is O=C([C@@H]1Cc2ccccc2O1)N1CCC(O)(c2ccccn2)CC1. The van der Waals surface area contributed by atoms with E-state index in [1.165, 1.54) is 0 Å². The zero-order valence-corrected chi connectivity index (χ0v) is 13.4. The minimum Gasteiger partial charge on any atom is -0.480 e. The first-order chi connectivity index (χ1) is 11.7. The highest BCUT2D eigenvalue weighted by molar-refractivity contribution is 5.82. The highest BCUT2D eigenvalue weighted by Crippen LogP contribution is 2.33. The number of para-hydroxylation sites is 1. The number of ether oxygens (including phenoxy) is 1. The van der Waals surface area contributed by atoms with Crippen LogP contribution >= 0.6 is 0 Å². The van der Waals surface area contributed by atoms with E-state index in [2.05, 4.69) is 4.98 Å². The normalized spacial score (nSPS) is 21.9. The summed E-state index contributed by atoms with van der Waals surface area (Å²) in [6, 6.07) is 13.3. The Bertz CT molecular complexity index is 714. The average molecular weight is 324 g/mol. The number of aliphatic hydroxyl groups is 1. The molecule has 24 heavy (non-hydrogen) atoms. The number of carbonyl (C=O) groups excluding carboxylic acids is 1. The lowest BCUT2D eigenvalue weighted by atomic mass is 9.87. The lowest BCUT2D eigenvalue weighted by Gasteiger charge is -2.38. The number of rotatable bonds is 2. The zero-order chi connectivity index (χ0) is 16.6. The van der Waals surface area contributed by atoms with Crippen molar-refractivity contribution in [1.82, 2.24) is 9.88 Å². The van der Waals surface area contributed by atoms with Gasteiger partial charge < -0.3 is 14.7 Å². The third-order valence-corrected chi connectivity index (χ3v) is 4.97. The molecule has 4 rings (SSSR count). The Balaban J connectivity index is 1.41. The Labute approximate surface area is 140 Å². The van der Waals surface area contributed by atoms with Gasteiger partial charge in [0.2, 0.25) is 0 Å². The van der Waals surface area contributed by atoms with E-state index in [1.54, 1.807) is 11.1 Å². The van der Waals surface area contributed by atoms with E-state index in [-0.39, 0.29) is 5.91 Å². The molecule has 1 aromatic heterocycles. The third-order valence-electron chi connectivity index (χ3n) is 4.97. The molecule has 3 heterocycles. The maximum absolute atomic E-state index is 12.7. The molecule has 0 unspecified atom stereocenters. The summed E-state index contributed by atoms with van der Waals surface area (Å²) in [7, 11) is 0. The maximum Gasteiger partial charge on any atom is 0.263 e. The van der Waals surface area contributed by atoms with Crippen molar-refractivity contribution in [3.05, 3.63) is 59.9 Å². The fraction of sp³-hybridized carbons (Fsp3) is 0.368. The predicted molar refractivity (Wildman–Crippen MR) is 88.5 cm³/mol. The Morgan fingerprint density at radius 2 is 1.92 bits per heavy atom. The predicted octanol–water partition coefficient (Wildman–Crippen LogP) is 1.90. The van der Waals surface area contributed by atoms with E-state index < -0.39 is 11.7 Å². The van der Waals surface area contributed by atoms with E-state index in [0.29, 0.717) is 38.0 Å². The monoisotopic (exact) mass is 324 g/mol. The standard InChI is InChI=1S/C19H20N2O3/c22-18(16-13-14-5-1-2-6-15(14)24-16)21-11-8-19(23,9-12-21)17-7-3-4-10-20-17/h1-7,10,16,23H,8-9,11-13H2/t16-/m0/s1. The lowest BCUT2D eigenvalue weighted by Crippen LogP contribution is -2.49. The summed E-state index contributed by atoms with van der Waals surface area (Å²) < 4.78 is 5.79. The fourth-order valence-corrected chi connectivity index (χ4v) is 3.51. The molecule has 5 heteroatoms. The van der Waals surface area contributed by atoms with Crippen LogP contribution in [0, 0.1) is 0 Å². The molecule has 0 saturated carbocycles. The molecule has 0 spiro atoms. The number of piperidine rings is 1. The number of amides is 1. The van der Waals surface area contributed by atoms with Gasteiger partial charge in [0.05, 0.1) is 5.69 Å². The molecular formula is C19H20N2O3. The van der Waals surface area contributed by atoms with Crippen molar-refractivity contribution >= 4 is 5.91 Å². The van der Waals surface area contributed by atoms with Gasteiger partial charge in [-0.1, -0.05) is 24.3 Å². The van der Waals surface area contributed by atoms with Gasteiger partial charge in [0.1, 0.15) is 11.4 Å². The number of hydrogen-bond donors (Lipinski definition) is 1. The highest BCUT2D eigenvalue weighted by atomic mass is 16.5. The summed E-state index contributed by atoms with van der Waals surface area (Å²) in [5.41, 5.74) is 0.817. The summed E-state index contributed by atoms with van der Waals surface area (Å²) >= 11 is 0. The molecular weight excluding hydrogens is 304 g/mol. The molecule has 2 aromatic rings. The minimum absolute atomic E-state index is 0.00858. The van der Waals surface area contributed by atoms with Gasteiger partial charge in [-0.05, 0) is 36.6 Å². The first-order valence-corrected chi connectivity index (χ1v) is 8.33. The minimum atomic E-state index is -0.947. The quantitative estimate of drug-likeness (QED) is 0.916. The number of fused-ring (bicyclic) bond motifs is 1. The van der Waals surface area contributed by atoms with E-state index in [1.807, 2.05) is 42.5 Å². The summed E-state index contributed by atoms with van der Waals surface area (Å²) in [4.78, 5) is 18.8. The van der Waals surface area contributed by atoms with Crippen LogP contribution in [-0.2, 0) is 16.8 Å². The van der Waals surface area contributed by atoms with Crippen LogP contribution in [0.3, 0.4) is 0 Å². The van der Waals surface area contributed by atoms with E-state index in [9.17, 15) is 9.90 Å². The van der Waals surface area contributed by atoms with E-state index in [4.69, 9.17) is 4.74 Å². The molecule has 1 N–H and O–H groups in total. The molecule has 0 aliphatic carbocycles. The molecule has 0 bridgehead atoms. The van der Waals surface area contributed by atoms with Gasteiger partial charge in [-0.15, -0.1) is 0 Å². The molecule has 5 nitrogen and oxygen atoms in total. The van der Waals surface area contributed by atoms with Crippen molar-refractivity contribution in [2.24, 2.45) is 0 Å². The average Bonchev–Trinajstić information content (AvgIpc) is 3.07. The Morgan fingerprint density at radius 3 is 2.62 bits per heavy atom. The van der Waals surface area contributed by atoms with Crippen LogP contribution in [0.5, 0.6) is 5.75 Å². The van der Waals surface area contributed by atoms with E-state index >= 15 is 0 Å². The Morgan fingerprint density at radius 1 is 1.17 bits per heavy atom. The molecule has 0 radical (unpaired) electrons. The first-order valence-electron chi connectivity index (χ1n) is 8.33. The summed E-state index contributed by atoms with van der Waals surface area (Å²) in [5.74, 6) is 0.812. The van der Waals surface area contributed by atoms with Crippen LogP contribution in [0.2, 0.25) is 0 Å². The molecule has 1 fully saturated rings. The van der Waals surface area contributed by atoms with Gasteiger partial charge in [-0.3, -0.25) is 9.78 Å². The zero-order valence-electron chi connectivity index (χ0n) is 13.4. The number of aromatic nitrogens is 1. The van der Waals surface area contributed by atoms with Crippen molar-refractivity contribution in [1.29, 1.82) is 0 Å². The number of carbonyl (C=O) groups is 1. The summed E-state index contributed by atoms with van der Waals surface area (Å²) in [6.07, 6.45) is 2.86. The highest BCUT2D eigenvalue weighted by Gasteiger charge is 2.39. The largest absolute Gasteiger partial charge is 0.480 e. The lowest BCUT2D eigenvalue weighted by molar-refractivity contribution is -0.142. The van der Waals surface area contributed by atoms with E-state index in [0.717, 1.165) is 11.3 Å². The van der Waals surface area contributed by atoms with Gasteiger partial charge in [-0.2, -0.15) is 0 Å². The molecule has 124 valence electrons. The second-order valence-electron chi connectivity index (χ2n) is 6.49. The van der Waals surface area contributed by atoms with Crippen molar-refractivity contribution < 1.29 is 14.6 Å². The Kier molecular flexibility index (Phi) is 3.73. The second-order valence-corrected chi connectivity index (χ2v) is 6.49. The molecule has 2 aliphatic heterocycles. The number of likely N-dealkylation sites (tertiary alicyclic amines) is 1. The van der Waals surface area contributed by atoms with Gasteiger partial charge in [0, 0.05) is 25.7 Å². The van der Waals surface area contributed by atoms with Gasteiger partial charge >= 0.3 is 0 Å². The van der Waals surface area contributed by atoms with Crippen molar-refractivity contribution in [2.45, 2.75) is 31.0 Å². The van der Waals surface area contributed by atoms with Gasteiger partial charge in [0.15, 0.2) is 6.10 Å². The number of pyridine rings is 1. The summed E-state index contributed by atoms with van der Waals surface area (Å²) in [5, 5.41) is 10.8. The van der Waals surface area contributed by atoms with Gasteiger partial charge in [0.25, 0.3) is 5.91 Å². The van der Waals surface area contributed by atoms with Crippen molar-refractivity contribution in [2.75, 3.05) is 13.1 Å². The van der Waals surface area contributed by atoms with Crippen LogP contribution in [0.1, 0.15) is 24.1 Å². The molecule has 1 amide bonds. The second kappa shape index (κ2) is 5.91. The van der Waals surface area contributed by atoms with Crippen LogP contribution in [0.15, 0.2) is 48.7 Å². The van der Waals surface area contributed by atoms with Gasteiger partial charge in [-0.25, -0.2) is 0 Å². The van der Waals surface area contributed by atoms with Crippen molar-refractivity contribution in [3.63, 3.8) is 0 Å². The molecule has 1 saturated heterocycles. The van der Waals surface area contributed by atoms with Crippen LogP contribution in [0.25, 0.3) is 0 Å². The molecule has 2 aliphatic rings. The first kappa shape index (κ1) is 15.1. The smallest absolute Gasteiger partial charge is 0.263 e.